The third-order valence-electron chi connectivity index (χ3n) is 3.72. The van der Waals surface area contributed by atoms with Gasteiger partial charge in [-0.25, -0.2) is 4.99 Å². The summed E-state index contributed by atoms with van der Waals surface area (Å²) in [6.07, 6.45) is -0.0741. The molecule has 0 atom stereocenters. The minimum absolute atomic E-state index is 0.0485. The Hall–Kier alpha value is -3.17. The number of nitrogen functional groups attached to an aromatic ring is 1. The fourth-order valence-electron chi connectivity index (χ4n) is 2.40. The van der Waals surface area contributed by atoms with Crippen LogP contribution in [0.25, 0.3) is 0 Å². The Morgan fingerprint density at radius 2 is 1.79 bits per heavy atom. The molecule has 0 saturated heterocycles. The molecule has 1 amide bonds. The van der Waals surface area contributed by atoms with Gasteiger partial charge in [-0.15, -0.1) is 0 Å². The van der Waals surface area contributed by atoms with Crippen LogP contribution in [0.15, 0.2) is 46.5 Å². The van der Waals surface area contributed by atoms with Crippen molar-refractivity contribution in [3.8, 4) is 0 Å². The highest BCUT2D eigenvalue weighted by molar-refractivity contribution is 6.39. The predicted molar refractivity (Wildman–Crippen MR) is 112 cm³/mol. The van der Waals surface area contributed by atoms with Gasteiger partial charge in [-0.2, -0.15) is 0 Å². The van der Waals surface area contributed by atoms with Gasteiger partial charge in [0.25, 0.3) is 11.6 Å². The third-order valence-corrected chi connectivity index (χ3v) is 4.35. The molecule has 0 aliphatic carbocycles. The summed E-state index contributed by atoms with van der Waals surface area (Å²) in [6.45, 7) is 0. The number of carbonyl (C=O) groups excluding carboxylic acids is 1. The van der Waals surface area contributed by atoms with Crippen LogP contribution < -0.4 is 11.5 Å². The van der Waals surface area contributed by atoms with E-state index in [9.17, 15) is 14.9 Å². The maximum absolute atomic E-state index is 12.3. The van der Waals surface area contributed by atoms with E-state index in [0.717, 1.165) is 0 Å². The van der Waals surface area contributed by atoms with Crippen LogP contribution in [-0.4, -0.2) is 29.5 Å². The number of amides is 1. The first kappa shape index (κ1) is 22.1. The van der Waals surface area contributed by atoms with E-state index in [-0.39, 0.29) is 45.8 Å². The molecule has 0 radical (unpaired) electrons. The largest absolute Gasteiger partial charge is 0.399 e. The van der Waals surface area contributed by atoms with E-state index in [1.807, 2.05) is 0 Å². The van der Waals surface area contributed by atoms with E-state index in [1.165, 1.54) is 31.4 Å². The van der Waals surface area contributed by atoms with Gasteiger partial charge < -0.3 is 16.3 Å². The number of amidine groups is 1. The number of rotatable bonds is 7. The molecule has 0 unspecified atom stereocenters. The lowest BCUT2D eigenvalue weighted by molar-refractivity contribution is -0.384. The number of nitro groups is 1. The maximum Gasteiger partial charge on any atom is 0.269 e. The molecule has 0 aromatic heterocycles. The number of nitrogens with zero attached hydrogens (tertiary/aromatic N) is 3. The van der Waals surface area contributed by atoms with E-state index >= 15 is 0 Å². The van der Waals surface area contributed by atoms with Gasteiger partial charge in [0.1, 0.15) is 12.9 Å². The zero-order chi connectivity index (χ0) is 21.6. The highest BCUT2D eigenvalue weighted by Gasteiger charge is 2.14. The maximum atomic E-state index is 12.3. The van der Waals surface area contributed by atoms with Crippen LogP contribution in [0.1, 0.15) is 17.5 Å². The molecule has 0 saturated carbocycles. The van der Waals surface area contributed by atoms with Crippen LogP contribution in [-0.2, 0) is 16.1 Å². The van der Waals surface area contributed by atoms with Gasteiger partial charge in [-0.05, 0) is 29.8 Å². The SMILES string of the molecule is CON=C(CC(=O)/N=C(\N)Cc1cc(Cl)c(N)c(Cl)c1)c1ccc([N+](=O)[O-])cc1. The van der Waals surface area contributed by atoms with Gasteiger partial charge in [-0.1, -0.05) is 28.4 Å². The van der Waals surface area contributed by atoms with Crippen LogP contribution in [0.2, 0.25) is 10.0 Å². The molecule has 9 nitrogen and oxygen atoms in total. The van der Waals surface area contributed by atoms with E-state index < -0.39 is 10.8 Å². The van der Waals surface area contributed by atoms with Crippen molar-refractivity contribution in [3.63, 3.8) is 0 Å². The molecule has 0 heterocycles. The number of non-ortho nitro benzene ring substituents is 1. The number of anilines is 1. The second-order valence-corrected chi connectivity index (χ2v) is 6.66. The number of halogens is 2. The molecule has 2 aromatic rings. The van der Waals surface area contributed by atoms with Crippen LogP contribution in [0, 0.1) is 10.1 Å². The van der Waals surface area contributed by atoms with Crippen LogP contribution in [0.3, 0.4) is 0 Å². The molecule has 0 aliphatic rings. The number of nitrogens with two attached hydrogens (primary N) is 2. The van der Waals surface area contributed by atoms with Crippen molar-refractivity contribution in [3.05, 3.63) is 67.7 Å². The summed E-state index contributed by atoms with van der Waals surface area (Å²) in [5.41, 5.74) is 13.1. The fourth-order valence-corrected chi connectivity index (χ4v) is 2.94. The number of aliphatic imine (C=N–C) groups is 1. The molecular formula is C18H17Cl2N5O4. The first-order valence-corrected chi connectivity index (χ1v) is 8.91. The zero-order valence-corrected chi connectivity index (χ0v) is 16.8. The van der Waals surface area contributed by atoms with Gasteiger partial charge in [-0.3, -0.25) is 14.9 Å². The second-order valence-electron chi connectivity index (χ2n) is 5.85. The summed E-state index contributed by atoms with van der Waals surface area (Å²) in [5, 5.41) is 15.1. The summed E-state index contributed by atoms with van der Waals surface area (Å²) in [4.78, 5) is 31.1. The van der Waals surface area contributed by atoms with Crippen LogP contribution >= 0.6 is 23.2 Å². The van der Waals surface area contributed by atoms with Gasteiger partial charge in [0.05, 0.1) is 32.8 Å². The molecular weight excluding hydrogens is 421 g/mol. The number of oxime groups is 1. The van der Waals surface area contributed by atoms with Gasteiger partial charge >= 0.3 is 0 Å². The average Bonchev–Trinajstić information content (AvgIpc) is 2.65. The lowest BCUT2D eigenvalue weighted by Crippen LogP contribution is -2.19. The lowest BCUT2D eigenvalue weighted by Gasteiger charge is -2.07. The van der Waals surface area contributed by atoms with Crippen molar-refractivity contribution in [2.45, 2.75) is 12.8 Å². The summed E-state index contributed by atoms with van der Waals surface area (Å²) in [6, 6.07) is 8.71. The molecule has 2 aromatic carbocycles. The van der Waals surface area contributed by atoms with Gasteiger partial charge in [0, 0.05) is 24.1 Å². The Morgan fingerprint density at radius 3 is 2.31 bits per heavy atom. The number of benzene rings is 2. The Balaban J connectivity index is 2.13. The highest BCUT2D eigenvalue weighted by Crippen LogP contribution is 2.29. The van der Waals surface area contributed by atoms with Crippen molar-refractivity contribution in [2.24, 2.45) is 15.9 Å². The van der Waals surface area contributed by atoms with E-state index in [1.54, 1.807) is 12.1 Å². The van der Waals surface area contributed by atoms with Crippen molar-refractivity contribution in [2.75, 3.05) is 12.8 Å². The number of hydrogen-bond acceptors (Lipinski definition) is 6. The molecule has 152 valence electrons. The molecule has 0 spiro atoms. The van der Waals surface area contributed by atoms with Crippen molar-refractivity contribution < 1.29 is 14.6 Å². The topological polar surface area (TPSA) is 146 Å². The first-order valence-electron chi connectivity index (χ1n) is 8.15. The molecule has 0 bridgehead atoms. The van der Waals surface area contributed by atoms with Crippen LogP contribution in [0.4, 0.5) is 11.4 Å². The molecule has 0 fully saturated rings. The predicted octanol–water partition coefficient (Wildman–Crippen LogP) is 3.35. The monoisotopic (exact) mass is 437 g/mol. The smallest absolute Gasteiger partial charge is 0.269 e. The third kappa shape index (κ3) is 6.16. The van der Waals surface area contributed by atoms with E-state index in [2.05, 4.69) is 10.1 Å². The highest BCUT2D eigenvalue weighted by atomic mass is 35.5. The number of carbonyl (C=O) groups is 1. The fraction of sp³-hybridized carbons (Fsp3) is 0.167. The Bertz CT molecular complexity index is 967. The Morgan fingerprint density at radius 1 is 1.21 bits per heavy atom. The van der Waals surface area contributed by atoms with Crippen LogP contribution in [0.5, 0.6) is 0 Å². The molecule has 2 rings (SSSR count). The second kappa shape index (κ2) is 9.85. The van der Waals surface area contributed by atoms with E-state index in [0.29, 0.717) is 11.1 Å². The normalized spacial score (nSPS) is 12.0. The van der Waals surface area contributed by atoms with Crippen molar-refractivity contribution >= 4 is 52.0 Å². The molecule has 4 N–H and O–H groups in total. The quantitative estimate of drug-likeness (QED) is 0.223. The summed E-state index contributed by atoms with van der Waals surface area (Å²) >= 11 is 12.0. The average molecular weight is 438 g/mol. The first-order chi connectivity index (χ1) is 13.7. The Kier molecular flexibility index (Phi) is 7.52. The minimum atomic E-state index is -0.565. The summed E-state index contributed by atoms with van der Waals surface area (Å²) in [7, 11) is 1.32. The molecule has 0 aliphatic heterocycles. The van der Waals surface area contributed by atoms with Gasteiger partial charge in [0.2, 0.25) is 0 Å². The minimum Gasteiger partial charge on any atom is -0.399 e. The molecule has 11 heteroatoms. The molecule has 29 heavy (non-hydrogen) atoms. The van der Waals surface area contributed by atoms with Gasteiger partial charge in [0.15, 0.2) is 0 Å². The van der Waals surface area contributed by atoms with E-state index in [4.69, 9.17) is 39.5 Å². The number of nitro benzene ring substituents is 1. The summed E-state index contributed by atoms with van der Waals surface area (Å²) < 4.78 is 0. The van der Waals surface area contributed by atoms with Crippen molar-refractivity contribution in [1.82, 2.24) is 0 Å². The summed E-state index contributed by atoms with van der Waals surface area (Å²) in [5.74, 6) is -0.517. The lowest BCUT2D eigenvalue weighted by atomic mass is 10.1. The van der Waals surface area contributed by atoms with Crippen molar-refractivity contribution in [1.29, 1.82) is 0 Å². The Labute approximate surface area is 176 Å². The standard InChI is InChI=1S/C18H17Cl2N5O4/c1-29-24-15(11-2-4-12(5-3-11)25(27)28)9-17(26)23-16(21)8-10-6-13(19)18(22)14(20)7-10/h2-7H,8-9,22H2,1H3,(H2,21,23,26). The zero-order valence-electron chi connectivity index (χ0n) is 15.3. The number of hydrogen-bond donors (Lipinski definition) is 2.